The van der Waals surface area contributed by atoms with Crippen molar-refractivity contribution in [3.63, 3.8) is 0 Å². The number of nitrogens with one attached hydrogen (secondary N) is 1. The summed E-state index contributed by atoms with van der Waals surface area (Å²) in [5, 5.41) is 3.67. The highest BCUT2D eigenvalue weighted by Crippen LogP contribution is 2.15. The van der Waals surface area contributed by atoms with E-state index in [9.17, 15) is 0 Å². The van der Waals surface area contributed by atoms with Crippen molar-refractivity contribution < 1.29 is 0 Å². The van der Waals surface area contributed by atoms with Crippen LogP contribution in [0.15, 0.2) is 0 Å². The Labute approximate surface area is 108 Å². The van der Waals surface area contributed by atoms with Crippen LogP contribution in [0.4, 0.5) is 0 Å². The molecule has 1 rings (SSSR count). The maximum Gasteiger partial charge on any atom is 0.0195 e. The molecule has 0 saturated carbocycles. The quantitative estimate of drug-likeness (QED) is 0.765. The van der Waals surface area contributed by atoms with Crippen LogP contribution in [0.25, 0.3) is 0 Å². The molecular weight excluding hydrogens is 210 g/mol. The second-order valence-corrected chi connectivity index (χ2v) is 5.88. The third-order valence-electron chi connectivity index (χ3n) is 3.90. The topological polar surface area (TPSA) is 18.5 Å². The van der Waals surface area contributed by atoms with Gasteiger partial charge in [0.15, 0.2) is 0 Å². The molecule has 0 aromatic heterocycles. The third-order valence-corrected chi connectivity index (χ3v) is 3.90. The van der Waals surface area contributed by atoms with Gasteiger partial charge >= 0.3 is 0 Å². The van der Waals surface area contributed by atoms with Crippen molar-refractivity contribution in [2.75, 3.05) is 33.7 Å². The number of hydrogen-bond acceptors (Lipinski definition) is 3. The molecule has 3 unspecified atom stereocenters. The Balaban J connectivity index is 2.42. The molecule has 1 fully saturated rings. The Hall–Kier alpha value is -0.120. The van der Waals surface area contributed by atoms with Crippen LogP contribution in [0.1, 0.15) is 40.0 Å². The van der Waals surface area contributed by atoms with Crippen LogP contribution < -0.4 is 5.32 Å². The molecule has 0 spiro atoms. The van der Waals surface area contributed by atoms with Crippen molar-refractivity contribution in [1.29, 1.82) is 0 Å². The van der Waals surface area contributed by atoms with Crippen LogP contribution in [0.5, 0.6) is 0 Å². The molecule has 3 nitrogen and oxygen atoms in total. The maximum atomic E-state index is 3.67. The summed E-state index contributed by atoms with van der Waals surface area (Å²) in [7, 11) is 4.32. The molecule has 1 aliphatic rings. The minimum Gasteiger partial charge on any atom is -0.311 e. The third kappa shape index (κ3) is 4.94. The van der Waals surface area contributed by atoms with E-state index in [4.69, 9.17) is 0 Å². The molecule has 102 valence electrons. The molecule has 3 atom stereocenters. The Morgan fingerprint density at radius 3 is 2.71 bits per heavy atom. The Morgan fingerprint density at radius 1 is 1.41 bits per heavy atom. The first-order chi connectivity index (χ1) is 8.04. The van der Waals surface area contributed by atoms with Crippen molar-refractivity contribution in [2.45, 2.75) is 58.2 Å². The van der Waals surface area contributed by atoms with Gasteiger partial charge in [-0.05, 0) is 47.3 Å². The summed E-state index contributed by atoms with van der Waals surface area (Å²) in [4.78, 5) is 4.98. The molecule has 3 heteroatoms. The second kappa shape index (κ2) is 7.34. The molecule has 1 N–H and O–H groups in total. The molecule has 17 heavy (non-hydrogen) atoms. The van der Waals surface area contributed by atoms with E-state index in [1.165, 1.54) is 32.4 Å². The Kier molecular flexibility index (Phi) is 6.45. The summed E-state index contributed by atoms with van der Waals surface area (Å²) in [6.45, 7) is 10.6. The average molecular weight is 241 g/mol. The average Bonchev–Trinajstić information content (AvgIpc) is 2.29. The number of piperazine rings is 1. The van der Waals surface area contributed by atoms with Gasteiger partial charge in [-0.15, -0.1) is 0 Å². The lowest BCUT2D eigenvalue weighted by molar-refractivity contribution is 0.0877. The van der Waals surface area contributed by atoms with Gasteiger partial charge in [0.05, 0.1) is 0 Å². The van der Waals surface area contributed by atoms with Gasteiger partial charge in [0.1, 0.15) is 0 Å². The first-order valence-corrected chi connectivity index (χ1v) is 7.18. The molecule has 0 aromatic carbocycles. The van der Waals surface area contributed by atoms with Gasteiger partial charge in [-0.1, -0.05) is 13.3 Å². The highest BCUT2D eigenvalue weighted by molar-refractivity contribution is 4.86. The van der Waals surface area contributed by atoms with Gasteiger partial charge < -0.3 is 10.2 Å². The van der Waals surface area contributed by atoms with Gasteiger partial charge in [-0.2, -0.15) is 0 Å². The Bertz CT molecular complexity index is 206. The summed E-state index contributed by atoms with van der Waals surface area (Å²) >= 11 is 0. The van der Waals surface area contributed by atoms with E-state index in [0.717, 1.165) is 6.54 Å². The van der Waals surface area contributed by atoms with Crippen molar-refractivity contribution in [3.05, 3.63) is 0 Å². The Morgan fingerprint density at radius 2 is 2.12 bits per heavy atom. The molecule has 0 bridgehead atoms. The minimum atomic E-state index is 0.681. The van der Waals surface area contributed by atoms with E-state index in [1.807, 2.05) is 0 Å². The molecule has 0 amide bonds. The lowest BCUT2D eigenvalue weighted by Crippen LogP contribution is -2.58. The van der Waals surface area contributed by atoms with Crippen LogP contribution in [0, 0.1) is 0 Å². The normalized spacial score (nSPS) is 28.6. The van der Waals surface area contributed by atoms with Gasteiger partial charge in [-0.25, -0.2) is 0 Å². The van der Waals surface area contributed by atoms with E-state index < -0.39 is 0 Å². The highest BCUT2D eigenvalue weighted by Gasteiger charge is 2.27. The SMILES string of the molecule is CCCC1CN(C(C)CCN(C)C)C(C)CN1. The second-order valence-electron chi connectivity index (χ2n) is 5.88. The van der Waals surface area contributed by atoms with Crippen LogP contribution in [0.3, 0.4) is 0 Å². The molecule has 0 aromatic rings. The van der Waals surface area contributed by atoms with Crippen molar-refractivity contribution in [2.24, 2.45) is 0 Å². The largest absolute Gasteiger partial charge is 0.311 e. The minimum absolute atomic E-state index is 0.681. The zero-order valence-corrected chi connectivity index (χ0v) is 12.4. The van der Waals surface area contributed by atoms with E-state index in [2.05, 4.69) is 50.0 Å². The zero-order chi connectivity index (χ0) is 12.8. The molecular formula is C14H31N3. The summed E-state index contributed by atoms with van der Waals surface area (Å²) in [6.07, 6.45) is 3.87. The number of rotatable bonds is 6. The molecule has 1 aliphatic heterocycles. The van der Waals surface area contributed by atoms with E-state index in [-0.39, 0.29) is 0 Å². The standard InChI is InChI=1S/C14H31N3/c1-6-7-14-11-17(13(3)10-15-14)12(2)8-9-16(4)5/h12-15H,6-11H2,1-5H3. The van der Waals surface area contributed by atoms with Crippen LogP contribution in [-0.2, 0) is 0 Å². The lowest BCUT2D eigenvalue weighted by atomic mass is 10.0. The number of hydrogen-bond donors (Lipinski definition) is 1. The van der Waals surface area contributed by atoms with Crippen LogP contribution >= 0.6 is 0 Å². The summed E-state index contributed by atoms with van der Waals surface area (Å²) < 4.78 is 0. The fourth-order valence-electron chi connectivity index (χ4n) is 2.72. The van der Waals surface area contributed by atoms with E-state index >= 15 is 0 Å². The monoisotopic (exact) mass is 241 g/mol. The van der Waals surface area contributed by atoms with Crippen molar-refractivity contribution in [3.8, 4) is 0 Å². The van der Waals surface area contributed by atoms with Crippen molar-refractivity contribution >= 4 is 0 Å². The number of nitrogens with zero attached hydrogens (tertiary/aromatic N) is 2. The smallest absolute Gasteiger partial charge is 0.0195 e. The molecule has 0 aliphatic carbocycles. The summed E-state index contributed by atoms with van der Waals surface area (Å²) in [6, 6.07) is 2.09. The first kappa shape index (κ1) is 14.9. The summed E-state index contributed by atoms with van der Waals surface area (Å²) in [5.41, 5.74) is 0. The van der Waals surface area contributed by atoms with Crippen molar-refractivity contribution in [1.82, 2.24) is 15.1 Å². The predicted molar refractivity (Wildman–Crippen MR) is 75.5 cm³/mol. The lowest BCUT2D eigenvalue weighted by Gasteiger charge is -2.42. The van der Waals surface area contributed by atoms with Gasteiger partial charge in [0.2, 0.25) is 0 Å². The molecule has 0 radical (unpaired) electrons. The van der Waals surface area contributed by atoms with Crippen LogP contribution in [0.2, 0.25) is 0 Å². The van der Waals surface area contributed by atoms with Gasteiger partial charge in [-0.3, -0.25) is 4.90 Å². The molecule has 1 heterocycles. The van der Waals surface area contributed by atoms with Crippen LogP contribution in [-0.4, -0.2) is 61.7 Å². The van der Waals surface area contributed by atoms with E-state index in [0.29, 0.717) is 18.1 Å². The molecule has 1 saturated heterocycles. The van der Waals surface area contributed by atoms with Gasteiger partial charge in [0.25, 0.3) is 0 Å². The highest BCUT2D eigenvalue weighted by atomic mass is 15.2. The van der Waals surface area contributed by atoms with Gasteiger partial charge in [0, 0.05) is 31.2 Å². The fraction of sp³-hybridized carbons (Fsp3) is 1.00. The maximum absolute atomic E-state index is 3.67. The zero-order valence-electron chi connectivity index (χ0n) is 12.4. The first-order valence-electron chi connectivity index (χ1n) is 7.18. The predicted octanol–water partition coefficient (Wildman–Crippen LogP) is 1.79. The summed E-state index contributed by atoms with van der Waals surface area (Å²) in [5.74, 6) is 0. The van der Waals surface area contributed by atoms with E-state index in [1.54, 1.807) is 0 Å². The fourth-order valence-corrected chi connectivity index (χ4v) is 2.72.